The summed E-state index contributed by atoms with van der Waals surface area (Å²) in [4.78, 5) is 23.4. The lowest BCUT2D eigenvalue weighted by Crippen LogP contribution is -2.44. The Hall–Kier alpha value is -3.79. The third-order valence-corrected chi connectivity index (χ3v) is 8.22. The van der Waals surface area contributed by atoms with Crippen molar-refractivity contribution in [1.29, 1.82) is 0 Å². The van der Waals surface area contributed by atoms with Gasteiger partial charge >= 0.3 is 0 Å². The fraction of sp³-hybridized carbons (Fsp3) is 0.423. The lowest BCUT2D eigenvalue weighted by molar-refractivity contribution is 0.185. The minimum absolute atomic E-state index is 0.0343. The third kappa shape index (κ3) is 3.24. The van der Waals surface area contributed by atoms with E-state index in [9.17, 15) is 0 Å². The fourth-order valence-corrected chi connectivity index (χ4v) is 6.20. The number of H-pyrrole nitrogens is 1. The number of pyridine rings is 2. The van der Waals surface area contributed by atoms with Gasteiger partial charge in [-0.3, -0.25) is 10.1 Å². The quantitative estimate of drug-likeness (QED) is 0.453. The number of rotatable bonds is 3. The molecule has 6 heterocycles. The number of piperidine rings is 1. The molecule has 1 saturated heterocycles. The van der Waals surface area contributed by atoms with Gasteiger partial charge in [0.25, 0.3) is 0 Å². The van der Waals surface area contributed by atoms with E-state index in [1.165, 1.54) is 5.56 Å². The normalized spacial score (nSPS) is 20.6. The van der Waals surface area contributed by atoms with Crippen molar-refractivity contribution >= 4 is 28.5 Å². The molecule has 0 bridgehead atoms. The SMILES string of the molecule is COc1ccc2c(n1)[C@@H](N)C1(CCN(c3cnc4c(N5CCCc6ncccc65)n[nH]c4n3)CC1)C2. The molecule has 0 aromatic carbocycles. The summed E-state index contributed by atoms with van der Waals surface area (Å²) in [6.07, 6.45) is 8.69. The first kappa shape index (κ1) is 21.5. The molecule has 7 rings (SSSR count). The second-order valence-corrected chi connectivity index (χ2v) is 10.1. The maximum atomic E-state index is 6.76. The number of nitrogens with two attached hydrogens (primary N) is 1. The van der Waals surface area contributed by atoms with Crippen molar-refractivity contribution in [2.24, 2.45) is 11.1 Å². The van der Waals surface area contributed by atoms with Crippen molar-refractivity contribution in [2.45, 2.75) is 38.1 Å². The maximum absolute atomic E-state index is 6.76. The molecule has 4 aromatic heterocycles. The molecule has 10 heteroatoms. The molecule has 1 spiro atoms. The number of methoxy groups -OCH3 is 1. The lowest BCUT2D eigenvalue weighted by atomic mass is 9.73. The van der Waals surface area contributed by atoms with E-state index >= 15 is 0 Å². The number of ether oxygens (including phenoxy) is 1. The summed E-state index contributed by atoms with van der Waals surface area (Å²) >= 11 is 0. The van der Waals surface area contributed by atoms with Crippen LogP contribution in [0.25, 0.3) is 11.2 Å². The van der Waals surface area contributed by atoms with Gasteiger partial charge in [0.15, 0.2) is 17.0 Å². The van der Waals surface area contributed by atoms with Gasteiger partial charge in [-0.25, -0.2) is 15.0 Å². The zero-order valence-electron chi connectivity index (χ0n) is 20.3. The average Bonchev–Trinajstić information content (AvgIpc) is 3.47. The van der Waals surface area contributed by atoms with Crippen molar-refractivity contribution < 1.29 is 4.74 Å². The number of anilines is 3. The molecule has 1 atom stereocenters. The number of nitrogens with zero attached hydrogens (tertiary/aromatic N) is 7. The summed E-state index contributed by atoms with van der Waals surface area (Å²) in [5.41, 5.74) is 12.7. The highest BCUT2D eigenvalue weighted by Crippen LogP contribution is 2.50. The molecule has 0 unspecified atom stereocenters. The Bertz CT molecular complexity index is 1440. The maximum Gasteiger partial charge on any atom is 0.213 e. The van der Waals surface area contributed by atoms with Crippen LogP contribution in [0.1, 0.15) is 42.3 Å². The molecular formula is C26H29N9O. The van der Waals surface area contributed by atoms with Gasteiger partial charge in [-0.05, 0) is 55.2 Å². The van der Waals surface area contributed by atoms with E-state index in [2.05, 4.69) is 42.1 Å². The zero-order chi connectivity index (χ0) is 24.3. The van der Waals surface area contributed by atoms with Crippen LogP contribution in [0.5, 0.6) is 5.88 Å². The van der Waals surface area contributed by atoms with Crippen molar-refractivity contribution in [2.75, 3.05) is 36.5 Å². The first-order valence-electron chi connectivity index (χ1n) is 12.6. The average molecular weight is 484 g/mol. The van der Waals surface area contributed by atoms with Crippen LogP contribution in [0, 0.1) is 5.41 Å². The highest BCUT2D eigenvalue weighted by molar-refractivity contribution is 5.87. The largest absolute Gasteiger partial charge is 0.481 e. The highest BCUT2D eigenvalue weighted by atomic mass is 16.5. The van der Waals surface area contributed by atoms with Crippen molar-refractivity contribution in [3.8, 4) is 5.88 Å². The van der Waals surface area contributed by atoms with E-state index in [1.807, 2.05) is 24.5 Å². The number of aryl methyl sites for hydroxylation is 1. The Balaban J connectivity index is 1.11. The number of hydrogen-bond acceptors (Lipinski definition) is 9. The summed E-state index contributed by atoms with van der Waals surface area (Å²) in [6.45, 7) is 2.65. The molecule has 1 aliphatic carbocycles. The van der Waals surface area contributed by atoms with E-state index in [0.717, 1.165) is 86.0 Å². The smallest absolute Gasteiger partial charge is 0.213 e. The number of nitrogens with one attached hydrogen (secondary N) is 1. The first-order valence-corrected chi connectivity index (χ1v) is 12.6. The van der Waals surface area contributed by atoms with Gasteiger partial charge in [-0.2, -0.15) is 5.10 Å². The van der Waals surface area contributed by atoms with Crippen LogP contribution in [0.2, 0.25) is 0 Å². The van der Waals surface area contributed by atoms with Crippen LogP contribution in [0.3, 0.4) is 0 Å². The van der Waals surface area contributed by atoms with Crippen LogP contribution in [-0.4, -0.2) is 56.9 Å². The number of aromatic amines is 1. The van der Waals surface area contributed by atoms with Gasteiger partial charge < -0.3 is 20.3 Å². The van der Waals surface area contributed by atoms with Gasteiger partial charge in [0.05, 0.1) is 36.4 Å². The molecule has 2 aliphatic heterocycles. The number of hydrogen-bond donors (Lipinski definition) is 2. The fourth-order valence-electron chi connectivity index (χ4n) is 6.20. The van der Waals surface area contributed by atoms with E-state index in [4.69, 9.17) is 20.4 Å². The molecule has 3 N–H and O–H groups in total. The van der Waals surface area contributed by atoms with Gasteiger partial charge in [-0.1, -0.05) is 6.07 Å². The van der Waals surface area contributed by atoms with Crippen molar-refractivity contribution in [1.82, 2.24) is 30.1 Å². The first-order chi connectivity index (χ1) is 17.6. The summed E-state index contributed by atoms with van der Waals surface area (Å²) in [7, 11) is 1.65. The van der Waals surface area contributed by atoms with Crippen LogP contribution < -0.4 is 20.3 Å². The minimum atomic E-state index is -0.0737. The van der Waals surface area contributed by atoms with Gasteiger partial charge in [0, 0.05) is 31.9 Å². The Labute approximate surface area is 208 Å². The topological polar surface area (TPSA) is 122 Å². The van der Waals surface area contributed by atoms with Crippen molar-refractivity contribution in [3.63, 3.8) is 0 Å². The second kappa shape index (κ2) is 8.12. The molecule has 3 aliphatic rings. The molecule has 10 nitrogen and oxygen atoms in total. The van der Waals surface area contributed by atoms with Gasteiger partial charge in [-0.15, -0.1) is 0 Å². The molecule has 36 heavy (non-hydrogen) atoms. The highest BCUT2D eigenvalue weighted by Gasteiger charge is 2.47. The molecule has 184 valence electrons. The van der Waals surface area contributed by atoms with Gasteiger partial charge in [0.2, 0.25) is 5.88 Å². The molecule has 0 amide bonds. The van der Waals surface area contributed by atoms with Crippen LogP contribution in [0.15, 0.2) is 36.7 Å². The summed E-state index contributed by atoms with van der Waals surface area (Å²) in [6, 6.07) is 8.05. The lowest BCUT2D eigenvalue weighted by Gasteiger charge is -2.42. The molecule has 1 fully saturated rings. The second-order valence-electron chi connectivity index (χ2n) is 10.1. The van der Waals surface area contributed by atoms with E-state index in [0.29, 0.717) is 11.5 Å². The molecular weight excluding hydrogens is 454 g/mol. The van der Waals surface area contributed by atoms with Crippen molar-refractivity contribution in [3.05, 3.63) is 53.6 Å². The Kier molecular flexibility index (Phi) is 4.85. The molecule has 0 radical (unpaired) electrons. The van der Waals surface area contributed by atoms with E-state index < -0.39 is 0 Å². The van der Waals surface area contributed by atoms with Crippen LogP contribution in [0.4, 0.5) is 17.3 Å². The predicted molar refractivity (Wildman–Crippen MR) is 137 cm³/mol. The number of aromatic nitrogens is 6. The van der Waals surface area contributed by atoms with Crippen LogP contribution in [-0.2, 0) is 12.8 Å². The Morgan fingerprint density at radius 1 is 1.11 bits per heavy atom. The summed E-state index contributed by atoms with van der Waals surface area (Å²) in [5, 5.41) is 7.73. The minimum Gasteiger partial charge on any atom is -0.481 e. The third-order valence-electron chi connectivity index (χ3n) is 8.22. The van der Waals surface area contributed by atoms with Gasteiger partial charge in [0.1, 0.15) is 5.82 Å². The predicted octanol–water partition coefficient (Wildman–Crippen LogP) is 3.08. The zero-order valence-corrected chi connectivity index (χ0v) is 20.3. The van der Waals surface area contributed by atoms with E-state index in [1.54, 1.807) is 7.11 Å². The van der Waals surface area contributed by atoms with E-state index in [-0.39, 0.29) is 11.5 Å². The monoisotopic (exact) mass is 483 g/mol. The summed E-state index contributed by atoms with van der Waals surface area (Å²) < 4.78 is 5.33. The summed E-state index contributed by atoms with van der Waals surface area (Å²) in [5.74, 6) is 2.32. The Morgan fingerprint density at radius 2 is 2.00 bits per heavy atom. The standard InChI is InChI=1S/C26H29N9O/c1-36-20-7-6-16-14-26(23(27)21(16)31-20)8-12-34(13-9-26)19-15-29-22-24(30-19)32-33-25(22)35-11-3-4-17-18(35)5-2-10-28-17/h2,5-7,10,15,23H,3-4,8-9,11-14,27H2,1H3,(H,30,32,33)/t23-/m1/s1. The van der Waals surface area contributed by atoms with Crippen LogP contribution >= 0.6 is 0 Å². The molecule has 4 aromatic rings. The number of fused-ring (bicyclic) bond motifs is 3. The Morgan fingerprint density at radius 3 is 2.86 bits per heavy atom. The molecule has 0 saturated carbocycles.